The minimum atomic E-state index is 0.848. The second kappa shape index (κ2) is 5.86. The van der Waals surface area contributed by atoms with Gasteiger partial charge in [0.25, 0.3) is 0 Å². The third-order valence-corrected chi connectivity index (χ3v) is 2.47. The molecule has 0 amide bonds. The highest BCUT2D eigenvalue weighted by Gasteiger charge is 2.24. The fourth-order valence-corrected chi connectivity index (χ4v) is 1.43. The minimum Gasteiger partial charge on any atom is -0.342 e. The second-order valence-electron chi connectivity index (χ2n) is 3.83. The molecular formula is C10H22N4. The maximum absolute atomic E-state index is 5.46. The Morgan fingerprint density at radius 3 is 2.64 bits per heavy atom. The maximum Gasteiger partial charge on any atom is 0.208 e. The van der Waals surface area contributed by atoms with E-state index in [4.69, 9.17) is 5.84 Å². The van der Waals surface area contributed by atoms with Crippen LogP contribution >= 0.6 is 0 Å². The number of hydrogen-bond acceptors (Lipinski definition) is 2. The van der Waals surface area contributed by atoms with Crippen molar-refractivity contribution in [1.82, 2.24) is 10.3 Å². The van der Waals surface area contributed by atoms with Crippen molar-refractivity contribution in [2.24, 2.45) is 16.8 Å². The predicted octanol–water partition coefficient (Wildman–Crippen LogP) is 0.948. The molecule has 0 saturated heterocycles. The van der Waals surface area contributed by atoms with E-state index in [1.807, 2.05) is 0 Å². The number of nitrogens with one attached hydrogen (secondary N) is 1. The van der Waals surface area contributed by atoms with E-state index in [0.717, 1.165) is 37.9 Å². The maximum atomic E-state index is 5.46. The average molecular weight is 198 g/mol. The molecule has 14 heavy (non-hydrogen) atoms. The molecular weight excluding hydrogens is 176 g/mol. The molecule has 0 heterocycles. The molecule has 1 fully saturated rings. The molecule has 0 aromatic rings. The van der Waals surface area contributed by atoms with Gasteiger partial charge in [0.2, 0.25) is 5.96 Å². The summed E-state index contributed by atoms with van der Waals surface area (Å²) in [4.78, 5) is 6.65. The molecule has 4 nitrogen and oxygen atoms in total. The second-order valence-corrected chi connectivity index (χ2v) is 3.83. The molecule has 1 saturated carbocycles. The SMILES string of the molecule is CCCN=C(NN)N(CC)CC1CC1. The van der Waals surface area contributed by atoms with Crippen LogP contribution in [0.1, 0.15) is 33.1 Å². The highest BCUT2D eigenvalue weighted by molar-refractivity contribution is 5.79. The van der Waals surface area contributed by atoms with Crippen LogP contribution in [0.15, 0.2) is 4.99 Å². The van der Waals surface area contributed by atoms with Crippen LogP contribution in [0.3, 0.4) is 0 Å². The van der Waals surface area contributed by atoms with Gasteiger partial charge in [0.05, 0.1) is 0 Å². The lowest BCUT2D eigenvalue weighted by atomic mass is 10.4. The van der Waals surface area contributed by atoms with Crippen molar-refractivity contribution in [2.75, 3.05) is 19.6 Å². The van der Waals surface area contributed by atoms with Gasteiger partial charge in [-0.05, 0) is 32.1 Å². The van der Waals surface area contributed by atoms with Crippen LogP contribution in [0.25, 0.3) is 0 Å². The van der Waals surface area contributed by atoms with Crippen molar-refractivity contribution >= 4 is 5.96 Å². The fraction of sp³-hybridized carbons (Fsp3) is 0.900. The number of rotatable bonds is 5. The first-order valence-electron chi connectivity index (χ1n) is 5.57. The fourth-order valence-electron chi connectivity index (χ4n) is 1.43. The lowest BCUT2D eigenvalue weighted by Gasteiger charge is -2.23. The molecule has 82 valence electrons. The highest BCUT2D eigenvalue weighted by atomic mass is 15.4. The molecule has 0 bridgehead atoms. The standard InChI is InChI=1S/C10H22N4/c1-3-7-12-10(13-11)14(4-2)8-9-5-6-9/h9H,3-8,11H2,1-2H3,(H,12,13). The molecule has 0 aliphatic heterocycles. The molecule has 0 aromatic carbocycles. The number of hydrazine groups is 1. The molecule has 0 unspecified atom stereocenters. The van der Waals surface area contributed by atoms with Gasteiger partial charge in [-0.3, -0.25) is 10.4 Å². The molecule has 1 aliphatic carbocycles. The van der Waals surface area contributed by atoms with Crippen LogP contribution in [-0.2, 0) is 0 Å². The molecule has 1 aliphatic rings. The number of nitrogens with zero attached hydrogens (tertiary/aromatic N) is 2. The van der Waals surface area contributed by atoms with Crippen LogP contribution in [0, 0.1) is 5.92 Å². The molecule has 0 atom stereocenters. The largest absolute Gasteiger partial charge is 0.342 e. The summed E-state index contributed by atoms with van der Waals surface area (Å²) >= 11 is 0. The van der Waals surface area contributed by atoms with Crippen LogP contribution in [-0.4, -0.2) is 30.5 Å². The summed E-state index contributed by atoms with van der Waals surface area (Å²) in [6.45, 7) is 7.18. The van der Waals surface area contributed by atoms with Crippen LogP contribution < -0.4 is 11.3 Å². The van der Waals surface area contributed by atoms with Gasteiger partial charge in [-0.2, -0.15) is 0 Å². The van der Waals surface area contributed by atoms with Gasteiger partial charge in [-0.15, -0.1) is 0 Å². The molecule has 0 spiro atoms. The van der Waals surface area contributed by atoms with Crippen molar-refractivity contribution in [3.05, 3.63) is 0 Å². The molecule has 4 heteroatoms. The first kappa shape index (κ1) is 11.3. The van der Waals surface area contributed by atoms with E-state index >= 15 is 0 Å². The zero-order valence-corrected chi connectivity index (χ0v) is 9.29. The van der Waals surface area contributed by atoms with Gasteiger partial charge in [0.15, 0.2) is 0 Å². The summed E-state index contributed by atoms with van der Waals surface area (Å²) in [5, 5.41) is 0. The zero-order valence-electron chi connectivity index (χ0n) is 9.29. The third kappa shape index (κ3) is 3.54. The molecule has 0 aromatic heterocycles. The summed E-state index contributed by atoms with van der Waals surface area (Å²) in [6, 6.07) is 0. The van der Waals surface area contributed by atoms with Crippen molar-refractivity contribution in [2.45, 2.75) is 33.1 Å². The van der Waals surface area contributed by atoms with E-state index < -0.39 is 0 Å². The highest BCUT2D eigenvalue weighted by Crippen LogP contribution is 2.29. The first-order chi connectivity index (χ1) is 6.81. The number of aliphatic imine (C=N–C) groups is 1. The molecule has 1 rings (SSSR count). The lowest BCUT2D eigenvalue weighted by molar-refractivity contribution is 0.403. The number of nitrogens with two attached hydrogens (primary N) is 1. The third-order valence-electron chi connectivity index (χ3n) is 2.47. The van der Waals surface area contributed by atoms with E-state index in [1.165, 1.54) is 12.8 Å². The number of guanidine groups is 1. The summed E-state index contributed by atoms with van der Waals surface area (Å²) in [5.74, 6) is 7.18. The Hall–Kier alpha value is -0.770. The van der Waals surface area contributed by atoms with Gasteiger partial charge < -0.3 is 4.90 Å². The monoisotopic (exact) mass is 198 g/mol. The van der Waals surface area contributed by atoms with E-state index in [-0.39, 0.29) is 0 Å². The van der Waals surface area contributed by atoms with E-state index in [0.29, 0.717) is 0 Å². The lowest BCUT2D eigenvalue weighted by Crippen LogP contribution is -2.45. The quantitative estimate of drug-likeness (QED) is 0.299. The van der Waals surface area contributed by atoms with Crippen molar-refractivity contribution in [3.8, 4) is 0 Å². The van der Waals surface area contributed by atoms with Gasteiger partial charge in [-0.25, -0.2) is 5.84 Å². The van der Waals surface area contributed by atoms with Crippen LogP contribution in [0.5, 0.6) is 0 Å². The van der Waals surface area contributed by atoms with Gasteiger partial charge in [0, 0.05) is 19.6 Å². The van der Waals surface area contributed by atoms with E-state index in [2.05, 4.69) is 29.2 Å². The normalized spacial score (nSPS) is 16.9. The topological polar surface area (TPSA) is 53.6 Å². The average Bonchev–Trinajstić information content (AvgIpc) is 3.00. The van der Waals surface area contributed by atoms with Crippen LogP contribution in [0.2, 0.25) is 0 Å². The molecule has 0 radical (unpaired) electrons. The Kier molecular flexibility index (Phi) is 4.73. The Morgan fingerprint density at radius 1 is 1.50 bits per heavy atom. The Bertz CT molecular complexity index is 187. The minimum absolute atomic E-state index is 0.848. The van der Waals surface area contributed by atoms with Gasteiger partial charge >= 0.3 is 0 Å². The van der Waals surface area contributed by atoms with E-state index in [9.17, 15) is 0 Å². The smallest absolute Gasteiger partial charge is 0.208 e. The molecule has 3 N–H and O–H groups in total. The van der Waals surface area contributed by atoms with Crippen LogP contribution in [0.4, 0.5) is 0 Å². The summed E-state index contributed by atoms with van der Waals surface area (Å²) < 4.78 is 0. The summed E-state index contributed by atoms with van der Waals surface area (Å²) in [5.41, 5.74) is 2.70. The van der Waals surface area contributed by atoms with Gasteiger partial charge in [-0.1, -0.05) is 6.92 Å². The van der Waals surface area contributed by atoms with Crippen molar-refractivity contribution < 1.29 is 0 Å². The Morgan fingerprint density at radius 2 is 2.21 bits per heavy atom. The summed E-state index contributed by atoms with van der Waals surface area (Å²) in [6.07, 6.45) is 3.79. The predicted molar refractivity (Wildman–Crippen MR) is 59.9 cm³/mol. The Labute approximate surface area is 86.5 Å². The van der Waals surface area contributed by atoms with Crippen molar-refractivity contribution in [3.63, 3.8) is 0 Å². The Balaban J connectivity index is 2.43. The van der Waals surface area contributed by atoms with E-state index in [1.54, 1.807) is 0 Å². The zero-order chi connectivity index (χ0) is 10.4. The first-order valence-corrected chi connectivity index (χ1v) is 5.57. The summed E-state index contributed by atoms with van der Waals surface area (Å²) in [7, 11) is 0. The van der Waals surface area contributed by atoms with Crippen molar-refractivity contribution in [1.29, 1.82) is 0 Å². The van der Waals surface area contributed by atoms with Gasteiger partial charge in [0.1, 0.15) is 0 Å². The number of hydrogen-bond donors (Lipinski definition) is 2.